The van der Waals surface area contributed by atoms with Crippen molar-refractivity contribution in [1.29, 1.82) is 0 Å². The smallest absolute Gasteiger partial charge is 0.317 e. The summed E-state index contributed by atoms with van der Waals surface area (Å²) in [6, 6.07) is 17.8. The molecule has 0 bridgehead atoms. The van der Waals surface area contributed by atoms with Crippen LogP contribution in [0.5, 0.6) is 0 Å². The van der Waals surface area contributed by atoms with Crippen LogP contribution in [0.1, 0.15) is 30.0 Å². The Hall–Kier alpha value is -3.12. The predicted molar refractivity (Wildman–Crippen MR) is 114 cm³/mol. The van der Waals surface area contributed by atoms with Gasteiger partial charge >= 0.3 is 6.03 Å². The number of urea groups is 1. The fraction of sp³-hybridized carbons (Fsp3) is 0.304. The van der Waals surface area contributed by atoms with Crippen LogP contribution in [0.25, 0.3) is 5.69 Å². The van der Waals surface area contributed by atoms with Gasteiger partial charge in [0.05, 0.1) is 25.0 Å². The molecule has 1 aromatic heterocycles. The van der Waals surface area contributed by atoms with Gasteiger partial charge in [0.2, 0.25) is 0 Å². The van der Waals surface area contributed by atoms with Gasteiger partial charge in [-0.05, 0) is 29.7 Å². The fourth-order valence-corrected chi connectivity index (χ4v) is 3.01. The number of carbonyl (C=O) groups excluding carboxylic acids is 1. The molecule has 3 rings (SSSR count). The number of nitrogens with zero attached hydrogens (tertiary/aromatic N) is 3. The summed E-state index contributed by atoms with van der Waals surface area (Å²) in [6.07, 6.45) is 4.72. The maximum Gasteiger partial charge on any atom is 0.317 e. The number of hydrogen-bond donors (Lipinski definition) is 1. The number of carbonyl (C=O) groups is 1. The van der Waals surface area contributed by atoms with Crippen molar-refractivity contribution < 1.29 is 9.53 Å². The third-order valence-corrected chi connectivity index (χ3v) is 4.58. The third kappa shape index (κ3) is 5.93. The van der Waals surface area contributed by atoms with E-state index in [-0.39, 0.29) is 6.03 Å². The molecule has 1 N–H and O–H groups in total. The van der Waals surface area contributed by atoms with E-state index in [0.717, 1.165) is 35.4 Å². The Bertz CT molecular complexity index is 908. The van der Waals surface area contributed by atoms with Crippen LogP contribution in [-0.2, 0) is 24.4 Å². The second-order valence-corrected chi connectivity index (χ2v) is 6.96. The molecule has 0 radical (unpaired) electrons. The van der Waals surface area contributed by atoms with Crippen molar-refractivity contribution in [1.82, 2.24) is 20.0 Å². The number of rotatable bonds is 9. The third-order valence-electron chi connectivity index (χ3n) is 4.58. The standard InChI is InChI=1S/C23H28N4O2/c1-3-13-29-18-21-10-8-7-9-20(21)15-24-23(28)26(2)16-19-14-25-27(17-19)22-11-5-4-6-12-22/h4-12,14,17H,3,13,15-16,18H2,1-2H3,(H,24,28). The van der Waals surface area contributed by atoms with Crippen LogP contribution in [0.2, 0.25) is 0 Å². The number of para-hydroxylation sites is 1. The molecule has 0 aliphatic heterocycles. The van der Waals surface area contributed by atoms with Crippen LogP contribution >= 0.6 is 0 Å². The van der Waals surface area contributed by atoms with E-state index in [1.165, 1.54) is 0 Å². The monoisotopic (exact) mass is 392 g/mol. The molecule has 152 valence electrons. The first kappa shape index (κ1) is 20.6. The highest BCUT2D eigenvalue weighted by Gasteiger charge is 2.11. The van der Waals surface area contributed by atoms with E-state index in [9.17, 15) is 4.79 Å². The molecule has 0 fully saturated rings. The largest absolute Gasteiger partial charge is 0.377 e. The summed E-state index contributed by atoms with van der Waals surface area (Å²) < 4.78 is 7.46. The molecule has 0 spiro atoms. The zero-order valence-corrected chi connectivity index (χ0v) is 17.0. The van der Waals surface area contributed by atoms with Crippen LogP contribution in [0, 0.1) is 0 Å². The van der Waals surface area contributed by atoms with Gasteiger partial charge in [-0.2, -0.15) is 5.10 Å². The van der Waals surface area contributed by atoms with Crippen LogP contribution in [0.15, 0.2) is 67.0 Å². The molecular weight excluding hydrogens is 364 g/mol. The average molecular weight is 393 g/mol. The normalized spacial score (nSPS) is 10.7. The average Bonchev–Trinajstić information content (AvgIpc) is 3.22. The molecule has 1 heterocycles. The van der Waals surface area contributed by atoms with Gasteiger partial charge in [-0.3, -0.25) is 0 Å². The van der Waals surface area contributed by atoms with Crippen molar-refractivity contribution in [2.24, 2.45) is 0 Å². The number of amides is 2. The number of hydrogen-bond acceptors (Lipinski definition) is 3. The number of aromatic nitrogens is 2. The van der Waals surface area contributed by atoms with Crippen LogP contribution in [0.4, 0.5) is 4.79 Å². The van der Waals surface area contributed by atoms with Gasteiger partial charge in [-0.1, -0.05) is 49.4 Å². The van der Waals surface area contributed by atoms with E-state index < -0.39 is 0 Å². The molecule has 3 aromatic rings. The summed E-state index contributed by atoms with van der Waals surface area (Å²) in [6.45, 7) is 4.35. The second kappa shape index (κ2) is 10.4. The van der Waals surface area contributed by atoms with E-state index in [2.05, 4.69) is 17.3 Å². The Morgan fingerprint density at radius 2 is 1.83 bits per heavy atom. The Kier molecular flexibility index (Phi) is 7.41. The highest BCUT2D eigenvalue weighted by atomic mass is 16.5. The molecule has 0 aliphatic rings. The van der Waals surface area contributed by atoms with Crippen LogP contribution in [-0.4, -0.2) is 34.4 Å². The van der Waals surface area contributed by atoms with Crippen molar-refractivity contribution in [2.45, 2.75) is 33.0 Å². The lowest BCUT2D eigenvalue weighted by molar-refractivity contribution is 0.121. The van der Waals surface area contributed by atoms with Gasteiger partial charge in [-0.25, -0.2) is 9.48 Å². The Morgan fingerprint density at radius 3 is 2.59 bits per heavy atom. The van der Waals surface area contributed by atoms with Gasteiger partial charge in [-0.15, -0.1) is 0 Å². The minimum Gasteiger partial charge on any atom is -0.377 e. The number of benzene rings is 2. The fourth-order valence-electron chi connectivity index (χ4n) is 3.01. The van der Waals surface area contributed by atoms with Gasteiger partial charge in [0, 0.05) is 32.0 Å². The van der Waals surface area contributed by atoms with Gasteiger partial charge < -0.3 is 15.0 Å². The molecular formula is C23H28N4O2. The van der Waals surface area contributed by atoms with Crippen molar-refractivity contribution >= 4 is 6.03 Å². The van der Waals surface area contributed by atoms with E-state index in [4.69, 9.17) is 4.74 Å². The lowest BCUT2D eigenvalue weighted by Gasteiger charge is -2.18. The molecule has 0 atom stereocenters. The van der Waals surface area contributed by atoms with E-state index in [1.54, 1.807) is 18.1 Å². The minimum atomic E-state index is -0.123. The Morgan fingerprint density at radius 1 is 1.10 bits per heavy atom. The molecule has 6 heteroatoms. The molecule has 0 saturated carbocycles. The number of ether oxygens (including phenoxy) is 1. The van der Waals surface area contributed by atoms with E-state index >= 15 is 0 Å². The summed E-state index contributed by atoms with van der Waals surface area (Å²) in [5.74, 6) is 0. The summed E-state index contributed by atoms with van der Waals surface area (Å²) in [5.41, 5.74) is 4.14. The minimum absolute atomic E-state index is 0.123. The van der Waals surface area contributed by atoms with Gasteiger partial charge in [0.1, 0.15) is 0 Å². The maximum absolute atomic E-state index is 12.5. The van der Waals surface area contributed by atoms with Gasteiger partial charge in [0.25, 0.3) is 0 Å². The molecule has 0 saturated heterocycles. The van der Waals surface area contributed by atoms with Crippen molar-refractivity contribution in [3.05, 3.63) is 83.7 Å². The molecule has 29 heavy (non-hydrogen) atoms. The van der Waals surface area contributed by atoms with Crippen molar-refractivity contribution in [3.63, 3.8) is 0 Å². The quantitative estimate of drug-likeness (QED) is 0.557. The summed E-state index contributed by atoms with van der Waals surface area (Å²) >= 11 is 0. The highest BCUT2D eigenvalue weighted by molar-refractivity contribution is 5.73. The SMILES string of the molecule is CCCOCc1ccccc1CNC(=O)N(C)Cc1cnn(-c2ccccc2)c1. The first-order valence-electron chi connectivity index (χ1n) is 9.90. The second-order valence-electron chi connectivity index (χ2n) is 6.96. The Balaban J connectivity index is 1.53. The molecule has 0 unspecified atom stereocenters. The van der Waals surface area contributed by atoms with Crippen molar-refractivity contribution in [2.75, 3.05) is 13.7 Å². The maximum atomic E-state index is 12.5. The summed E-state index contributed by atoms with van der Waals surface area (Å²) in [4.78, 5) is 14.2. The topological polar surface area (TPSA) is 59.4 Å². The summed E-state index contributed by atoms with van der Waals surface area (Å²) in [7, 11) is 1.78. The molecule has 0 aliphatic carbocycles. The molecule has 2 amide bonds. The summed E-state index contributed by atoms with van der Waals surface area (Å²) in [5, 5.41) is 7.38. The highest BCUT2D eigenvalue weighted by Crippen LogP contribution is 2.12. The zero-order valence-electron chi connectivity index (χ0n) is 17.0. The zero-order chi connectivity index (χ0) is 20.5. The van der Waals surface area contributed by atoms with Crippen LogP contribution in [0.3, 0.4) is 0 Å². The molecule has 6 nitrogen and oxygen atoms in total. The first-order valence-corrected chi connectivity index (χ1v) is 9.90. The predicted octanol–water partition coefficient (Wildman–Crippen LogP) is 4.14. The van der Waals surface area contributed by atoms with E-state index in [0.29, 0.717) is 19.7 Å². The van der Waals surface area contributed by atoms with Crippen molar-refractivity contribution in [3.8, 4) is 5.69 Å². The first-order chi connectivity index (χ1) is 14.2. The number of nitrogens with one attached hydrogen (secondary N) is 1. The Labute approximate surface area is 172 Å². The lowest BCUT2D eigenvalue weighted by Crippen LogP contribution is -2.36. The van der Waals surface area contributed by atoms with E-state index in [1.807, 2.05) is 65.5 Å². The molecule has 2 aromatic carbocycles. The lowest BCUT2D eigenvalue weighted by atomic mass is 10.1. The van der Waals surface area contributed by atoms with Crippen LogP contribution < -0.4 is 5.32 Å². The van der Waals surface area contributed by atoms with Gasteiger partial charge in [0.15, 0.2) is 0 Å².